The molecule has 0 aromatic heterocycles. The molecule has 0 aromatic rings. The van der Waals surface area contributed by atoms with E-state index < -0.39 is 15.4 Å². The van der Waals surface area contributed by atoms with Gasteiger partial charge < -0.3 is 5.21 Å². The Morgan fingerprint density at radius 3 is 2.52 bits per heavy atom. The van der Waals surface area contributed by atoms with E-state index in [1.54, 1.807) is 4.31 Å². The van der Waals surface area contributed by atoms with Gasteiger partial charge in [-0.2, -0.15) is 0 Å². The summed E-state index contributed by atoms with van der Waals surface area (Å²) in [5, 5.41) is 12.9. The molecule has 0 radical (unpaired) electrons. The van der Waals surface area contributed by atoms with Crippen molar-refractivity contribution in [2.75, 3.05) is 18.8 Å². The van der Waals surface area contributed by atoms with Crippen LogP contribution in [-0.2, 0) is 10.0 Å². The van der Waals surface area contributed by atoms with Crippen molar-refractivity contribution in [2.24, 2.45) is 21.9 Å². The van der Waals surface area contributed by atoms with Crippen molar-refractivity contribution in [1.29, 1.82) is 0 Å². The van der Waals surface area contributed by atoms with Gasteiger partial charge >= 0.3 is 0 Å². The topological polar surface area (TPSA) is 70.0 Å². The molecule has 0 unspecified atom stereocenters. The first-order valence-electron chi connectivity index (χ1n) is 8.03. The largest absolute Gasteiger partial charge is 0.411 e. The Labute approximate surface area is 127 Å². The minimum atomic E-state index is -3.28. The molecular weight excluding hydrogens is 288 g/mol. The molecule has 1 saturated heterocycles. The summed E-state index contributed by atoms with van der Waals surface area (Å²) in [7, 11) is -3.28. The molecule has 0 amide bonds. The Morgan fingerprint density at radius 1 is 1.29 bits per heavy atom. The Hall–Kier alpha value is -0.620. The summed E-state index contributed by atoms with van der Waals surface area (Å²) in [6, 6.07) is 0. The Morgan fingerprint density at radius 2 is 1.95 bits per heavy atom. The molecule has 120 valence electrons. The quantitative estimate of drug-likeness (QED) is 0.642. The van der Waals surface area contributed by atoms with E-state index in [0.29, 0.717) is 24.7 Å². The van der Waals surface area contributed by atoms with Gasteiger partial charge in [0.2, 0.25) is 10.0 Å². The lowest BCUT2D eigenvalue weighted by atomic mass is 9.70. The molecule has 1 heterocycles. The molecule has 5 nitrogen and oxygen atoms in total. The number of piperidine rings is 1. The minimum absolute atomic E-state index is 0.0998. The zero-order valence-corrected chi connectivity index (χ0v) is 13.8. The van der Waals surface area contributed by atoms with Crippen LogP contribution < -0.4 is 0 Å². The Balaban J connectivity index is 1.91. The van der Waals surface area contributed by atoms with Gasteiger partial charge in [-0.3, -0.25) is 0 Å². The summed E-state index contributed by atoms with van der Waals surface area (Å²) in [5.74, 6) is 0.558. The summed E-state index contributed by atoms with van der Waals surface area (Å²) < 4.78 is 27.4. The molecular formula is C15H26N2O3S. The number of nitrogens with zero attached hydrogens (tertiary/aromatic N) is 2. The van der Waals surface area contributed by atoms with Gasteiger partial charge in [-0.15, -0.1) is 0 Å². The van der Waals surface area contributed by atoms with E-state index in [9.17, 15) is 13.6 Å². The molecule has 3 fully saturated rings. The van der Waals surface area contributed by atoms with Gasteiger partial charge in [-0.1, -0.05) is 25.4 Å². The van der Waals surface area contributed by atoms with Gasteiger partial charge in [0.1, 0.15) is 0 Å². The van der Waals surface area contributed by atoms with Gasteiger partial charge in [0.05, 0.1) is 11.5 Å². The lowest BCUT2D eigenvalue weighted by molar-refractivity contribution is 0.190. The summed E-state index contributed by atoms with van der Waals surface area (Å²) in [4.78, 5) is 0. The minimum Gasteiger partial charge on any atom is -0.411 e. The summed E-state index contributed by atoms with van der Waals surface area (Å²) in [6.45, 7) is 5.59. The molecule has 21 heavy (non-hydrogen) atoms. The Kier molecular flexibility index (Phi) is 3.60. The lowest BCUT2D eigenvalue weighted by Crippen LogP contribution is -2.47. The maximum Gasteiger partial charge on any atom is 0.215 e. The van der Waals surface area contributed by atoms with Crippen LogP contribution in [0.15, 0.2) is 5.16 Å². The highest BCUT2D eigenvalue weighted by Crippen LogP contribution is 2.64. The molecule has 1 N–H and O–H groups in total. The lowest BCUT2D eigenvalue weighted by Gasteiger charge is -2.39. The summed E-state index contributed by atoms with van der Waals surface area (Å²) >= 11 is 0. The average molecular weight is 314 g/mol. The maximum absolute atomic E-state index is 12.9. The second kappa shape index (κ2) is 4.95. The highest BCUT2D eigenvalue weighted by atomic mass is 32.2. The van der Waals surface area contributed by atoms with Crippen molar-refractivity contribution in [2.45, 2.75) is 52.4 Å². The van der Waals surface area contributed by atoms with E-state index >= 15 is 0 Å². The first-order chi connectivity index (χ1) is 9.83. The third-order valence-corrected chi connectivity index (χ3v) is 8.43. The monoisotopic (exact) mass is 314 g/mol. The fourth-order valence-corrected chi connectivity index (χ4v) is 7.12. The van der Waals surface area contributed by atoms with Crippen molar-refractivity contribution in [3.8, 4) is 0 Å². The molecule has 2 atom stereocenters. The van der Waals surface area contributed by atoms with Crippen molar-refractivity contribution in [3.63, 3.8) is 0 Å². The summed E-state index contributed by atoms with van der Waals surface area (Å²) in [6.07, 6.45) is 5.66. The predicted octanol–water partition coefficient (Wildman–Crippen LogP) is 2.46. The van der Waals surface area contributed by atoms with Gasteiger partial charge in [0, 0.05) is 18.5 Å². The number of rotatable bonds is 3. The number of sulfonamides is 1. The molecule has 6 heteroatoms. The van der Waals surface area contributed by atoms with Gasteiger partial charge in [-0.05, 0) is 43.4 Å². The van der Waals surface area contributed by atoms with Crippen LogP contribution in [-0.4, -0.2) is 42.5 Å². The predicted molar refractivity (Wildman–Crippen MR) is 82.0 cm³/mol. The second-order valence-corrected chi connectivity index (χ2v) is 9.48. The van der Waals surface area contributed by atoms with Crippen molar-refractivity contribution in [3.05, 3.63) is 0 Å². The average Bonchev–Trinajstić information content (AvgIpc) is 2.81. The molecule has 0 aromatic carbocycles. The van der Waals surface area contributed by atoms with Crippen LogP contribution in [0.1, 0.15) is 52.4 Å². The van der Waals surface area contributed by atoms with Crippen LogP contribution in [0, 0.1) is 16.7 Å². The number of hydrogen-bond donors (Lipinski definition) is 1. The number of oxime groups is 1. The maximum atomic E-state index is 12.9. The van der Waals surface area contributed by atoms with E-state index in [1.807, 2.05) is 0 Å². The molecule has 2 bridgehead atoms. The van der Waals surface area contributed by atoms with Crippen LogP contribution in [0.5, 0.6) is 0 Å². The van der Waals surface area contributed by atoms with E-state index in [4.69, 9.17) is 0 Å². The number of fused-ring (bicyclic) bond motifs is 2. The van der Waals surface area contributed by atoms with Crippen LogP contribution in [0.25, 0.3) is 0 Å². The zero-order chi connectivity index (χ0) is 15.3. The number of hydrogen-bond acceptors (Lipinski definition) is 4. The van der Waals surface area contributed by atoms with E-state index in [-0.39, 0.29) is 11.2 Å². The van der Waals surface area contributed by atoms with Crippen molar-refractivity contribution < 1.29 is 13.6 Å². The molecule has 2 saturated carbocycles. The Bertz CT molecular complexity index is 549. The molecule has 3 aliphatic rings. The van der Waals surface area contributed by atoms with E-state index in [0.717, 1.165) is 38.5 Å². The van der Waals surface area contributed by atoms with Crippen molar-refractivity contribution >= 4 is 15.7 Å². The van der Waals surface area contributed by atoms with Crippen LogP contribution in [0.3, 0.4) is 0 Å². The van der Waals surface area contributed by atoms with E-state index in [1.165, 1.54) is 0 Å². The SMILES string of the molecule is CC1(C)[C@@H]2CC[C@@]1(CS(=O)(=O)N1CCCCC1)C(=NO)C2. The zero-order valence-electron chi connectivity index (χ0n) is 13.0. The standard InChI is InChI=1S/C15H26N2O3S/c1-14(2)12-6-7-15(14,13(10-12)16-18)11-21(19,20)17-8-4-3-5-9-17/h12,18H,3-11H2,1-2H3/t12-,15-/m1/s1. The highest BCUT2D eigenvalue weighted by Gasteiger charge is 2.64. The normalized spacial score (nSPS) is 38.2. The first-order valence-corrected chi connectivity index (χ1v) is 9.64. The second-order valence-electron chi connectivity index (χ2n) is 7.51. The van der Waals surface area contributed by atoms with Crippen LogP contribution in [0.4, 0.5) is 0 Å². The fourth-order valence-electron chi connectivity index (χ4n) is 4.82. The highest BCUT2D eigenvalue weighted by molar-refractivity contribution is 7.89. The van der Waals surface area contributed by atoms with Gasteiger partial charge in [0.25, 0.3) is 0 Å². The van der Waals surface area contributed by atoms with Gasteiger partial charge in [0.15, 0.2) is 0 Å². The third-order valence-electron chi connectivity index (χ3n) is 6.42. The smallest absolute Gasteiger partial charge is 0.215 e. The first kappa shape index (κ1) is 15.3. The van der Waals surface area contributed by atoms with Crippen molar-refractivity contribution in [1.82, 2.24) is 4.31 Å². The molecule has 2 aliphatic carbocycles. The van der Waals surface area contributed by atoms with Crippen LogP contribution >= 0.6 is 0 Å². The van der Waals surface area contributed by atoms with Gasteiger partial charge in [-0.25, -0.2) is 12.7 Å². The van der Waals surface area contributed by atoms with E-state index in [2.05, 4.69) is 19.0 Å². The molecule has 0 spiro atoms. The molecule has 1 aliphatic heterocycles. The summed E-state index contributed by atoms with van der Waals surface area (Å²) in [5.41, 5.74) is 0.143. The molecule has 3 rings (SSSR count). The fraction of sp³-hybridized carbons (Fsp3) is 0.933. The van der Waals surface area contributed by atoms with Crippen LogP contribution in [0.2, 0.25) is 0 Å². The third kappa shape index (κ3) is 2.13.